The summed E-state index contributed by atoms with van der Waals surface area (Å²) in [5.41, 5.74) is 7.06. The lowest BCUT2D eigenvalue weighted by Crippen LogP contribution is -2.11. The van der Waals surface area contributed by atoms with E-state index in [-0.39, 0.29) is 5.91 Å². The summed E-state index contributed by atoms with van der Waals surface area (Å²) in [4.78, 5) is 15.9. The van der Waals surface area contributed by atoms with E-state index in [0.717, 1.165) is 5.56 Å². The molecule has 0 radical (unpaired) electrons. The molecule has 0 aliphatic heterocycles. The fourth-order valence-electron chi connectivity index (χ4n) is 1.31. The Labute approximate surface area is 103 Å². The van der Waals surface area contributed by atoms with Crippen LogP contribution in [0.3, 0.4) is 0 Å². The molecule has 0 unspecified atom stereocenters. The minimum atomic E-state index is -0.190. The Morgan fingerprint density at radius 3 is 2.65 bits per heavy atom. The molecule has 0 saturated heterocycles. The second-order valence-electron chi connectivity index (χ2n) is 3.50. The molecule has 2 aromatic rings. The number of nitrogens with one attached hydrogen (secondary N) is 1. The van der Waals surface area contributed by atoms with Gasteiger partial charge < -0.3 is 5.73 Å². The van der Waals surface area contributed by atoms with Crippen molar-refractivity contribution in [1.82, 2.24) is 9.36 Å². The van der Waals surface area contributed by atoms with Crippen LogP contribution in [0.2, 0.25) is 0 Å². The van der Waals surface area contributed by atoms with Gasteiger partial charge in [-0.3, -0.25) is 10.1 Å². The molecule has 1 amide bonds. The Morgan fingerprint density at radius 1 is 1.41 bits per heavy atom. The molecule has 3 N–H and O–H groups in total. The summed E-state index contributed by atoms with van der Waals surface area (Å²) in [6, 6.07) is 7.15. The number of carbonyl (C=O) groups excluding carboxylic acids is 1. The molecule has 0 spiro atoms. The summed E-state index contributed by atoms with van der Waals surface area (Å²) in [5, 5.41) is 3.20. The van der Waals surface area contributed by atoms with E-state index in [2.05, 4.69) is 14.7 Å². The number of rotatable bonds is 3. The van der Waals surface area contributed by atoms with Crippen molar-refractivity contribution in [1.29, 1.82) is 0 Å². The lowest BCUT2D eigenvalue weighted by molar-refractivity contribution is 0.102. The summed E-state index contributed by atoms with van der Waals surface area (Å²) in [5.74, 6) is 0.466. The topological polar surface area (TPSA) is 80.9 Å². The molecule has 0 aliphatic carbocycles. The van der Waals surface area contributed by atoms with Crippen LogP contribution in [-0.4, -0.2) is 15.3 Å². The molecule has 1 aromatic carbocycles. The number of benzene rings is 1. The average Bonchev–Trinajstić information content (AvgIpc) is 2.75. The lowest BCUT2D eigenvalue weighted by atomic mass is 10.1. The van der Waals surface area contributed by atoms with Gasteiger partial charge >= 0.3 is 0 Å². The quantitative estimate of drug-likeness (QED) is 0.863. The van der Waals surface area contributed by atoms with Crippen molar-refractivity contribution in [3.63, 3.8) is 0 Å². The van der Waals surface area contributed by atoms with Gasteiger partial charge in [0.05, 0.1) is 0 Å². The van der Waals surface area contributed by atoms with Crippen LogP contribution < -0.4 is 11.1 Å². The molecule has 6 heteroatoms. The van der Waals surface area contributed by atoms with Crippen molar-refractivity contribution in [3.05, 3.63) is 41.2 Å². The Kier molecular flexibility index (Phi) is 3.46. The monoisotopic (exact) mass is 248 g/mol. The van der Waals surface area contributed by atoms with E-state index in [4.69, 9.17) is 5.73 Å². The van der Waals surface area contributed by atoms with Crippen molar-refractivity contribution in [2.24, 2.45) is 5.73 Å². The number of carbonyl (C=O) groups is 1. The Hall–Kier alpha value is -1.79. The van der Waals surface area contributed by atoms with E-state index in [1.807, 2.05) is 12.1 Å². The molecule has 1 heterocycles. The molecule has 88 valence electrons. The Morgan fingerprint density at radius 2 is 2.12 bits per heavy atom. The first-order valence-corrected chi connectivity index (χ1v) is 5.87. The number of amides is 1. The number of nitrogens with two attached hydrogens (primary N) is 1. The second-order valence-corrected chi connectivity index (χ2v) is 4.25. The number of hydrogen-bond donors (Lipinski definition) is 2. The van der Waals surface area contributed by atoms with Gasteiger partial charge in [-0.25, -0.2) is 4.98 Å². The van der Waals surface area contributed by atoms with Crippen LogP contribution >= 0.6 is 11.5 Å². The molecule has 5 nitrogen and oxygen atoms in total. The van der Waals surface area contributed by atoms with Gasteiger partial charge in [0, 0.05) is 23.6 Å². The smallest absolute Gasteiger partial charge is 0.257 e. The van der Waals surface area contributed by atoms with E-state index in [0.29, 0.717) is 23.1 Å². The van der Waals surface area contributed by atoms with Gasteiger partial charge in [-0.2, -0.15) is 4.37 Å². The van der Waals surface area contributed by atoms with Gasteiger partial charge in [0.25, 0.3) is 5.91 Å². The van der Waals surface area contributed by atoms with E-state index >= 15 is 0 Å². The van der Waals surface area contributed by atoms with Crippen LogP contribution in [0.5, 0.6) is 0 Å². The standard InChI is InChI=1S/C11H12N4OS/c1-7-13-11(17-15-7)14-10(16)9-4-2-8(6-12)3-5-9/h2-5H,6,12H2,1H3,(H,13,14,15,16). The maximum Gasteiger partial charge on any atom is 0.257 e. The third-order valence-corrected chi connectivity index (χ3v) is 2.92. The molecule has 2 rings (SSSR count). The van der Waals surface area contributed by atoms with Crippen molar-refractivity contribution >= 4 is 22.6 Å². The van der Waals surface area contributed by atoms with Crippen LogP contribution in [0.1, 0.15) is 21.7 Å². The molecule has 17 heavy (non-hydrogen) atoms. The summed E-state index contributed by atoms with van der Waals surface area (Å²) in [6.45, 7) is 2.25. The minimum absolute atomic E-state index is 0.190. The molecule has 0 bridgehead atoms. The normalized spacial score (nSPS) is 10.2. The van der Waals surface area contributed by atoms with Crippen LogP contribution in [0.4, 0.5) is 5.13 Å². The van der Waals surface area contributed by atoms with Crippen LogP contribution in [0.15, 0.2) is 24.3 Å². The van der Waals surface area contributed by atoms with Gasteiger partial charge in [-0.1, -0.05) is 12.1 Å². The highest BCUT2D eigenvalue weighted by Crippen LogP contribution is 2.12. The van der Waals surface area contributed by atoms with Gasteiger partial charge in [-0.05, 0) is 24.6 Å². The van der Waals surface area contributed by atoms with Gasteiger partial charge in [-0.15, -0.1) is 0 Å². The van der Waals surface area contributed by atoms with Crippen molar-refractivity contribution in [2.75, 3.05) is 5.32 Å². The maximum atomic E-state index is 11.8. The predicted octanol–water partition coefficient (Wildman–Crippen LogP) is 1.56. The largest absolute Gasteiger partial charge is 0.326 e. The zero-order valence-electron chi connectivity index (χ0n) is 9.30. The third-order valence-electron chi connectivity index (χ3n) is 2.20. The molecular weight excluding hydrogens is 236 g/mol. The third kappa shape index (κ3) is 2.86. The van der Waals surface area contributed by atoms with Crippen molar-refractivity contribution in [3.8, 4) is 0 Å². The average molecular weight is 248 g/mol. The summed E-state index contributed by atoms with van der Waals surface area (Å²) >= 11 is 1.17. The van der Waals surface area contributed by atoms with Crippen LogP contribution in [0, 0.1) is 6.92 Å². The summed E-state index contributed by atoms with van der Waals surface area (Å²) in [7, 11) is 0. The molecule has 0 saturated carbocycles. The first-order valence-electron chi connectivity index (χ1n) is 5.09. The highest BCUT2D eigenvalue weighted by atomic mass is 32.1. The SMILES string of the molecule is Cc1nsc(NC(=O)c2ccc(CN)cc2)n1. The van der Waals surface area contributed by atoms with Crippen LogP contribution in [-0.2, 0) is 6.54 Å². The number of anilines is 1. The second kappa shape index (κ2) is 5.03. The zero-order valence-corrected chi connectivity index (χ0v) is 10.1. The predicted molar refractivity (Wildman–Crippen MR) is 66.9 cm³/mol. The first-order chi connectivity index (χ1) is 8.19. The first kappa shape index (κ1) is 11.7. The maximum absolute atomic E-state index is 11.8. The molecule has 0 aliphatic rings. The van der Waals surface area contributed by atoms with Gasteiger partial charge in [0.15, 0.2) is 0 Å². The van der Waals surface area contributed by atoms with Crippen LogP contribution in [0.25, 0.3) is 0 Å². The number of aromatic nitrogens is 2. The van der Waals surface area contributed by atoms with E-state index < -0.39 is 0 Å². The Balaban J connectivity index is 2.09. The minimum Gasteiger partial charge on any atom is -0.326 e. The number of nitrogens with zero attached hydrogens (tertiary/aromatic N) is 2. The van der Waals surface area contributed by atoms with Crippen molar-refractivity contribution in [2.45, 2.75) is 13.5 Å². The zero-order chi connectivity index (χ0) is 12.3. The molecular formula is C11H12N4OS. The van der Waals surface area contributed by atoms with Gasteiger partial charge in [0.2, 0.25) is 5.13 Å². The fourth-order valence-corrected chi connectivity index (χ4v) is 1.88. The Bertz CT molecular complexity index is 521. The van der Waals surface area contributed by atoms with E-state index in [1.165, 1.54) is 11.5 Å². The molecule has 0 fully saturated rings. The number of hydrogen-bond acceptors (Lipinski definition) is 5. The van der Waals surface area contributed by atoms with E-state index in [9.17, 15) is 4.79 Å². The lowest BCUT2D eigenvalue weighted by Gasteiger charge is -2.02. The summed E-state index contributed by atoms with van der Waals surface area (Å²) < 4.78 is 3.99. The van der Waals surface area contributed by atoms with Crippen molar-refractivity contribution < 1.29 is 4.79 Å². The number of aryl methyl sites for hydroxylation is 1. The highest BCUT2D eigenvalue weighted by Gasteiger charge is 2.08. The highest BCUT2D eigenvalue weighted by molar-refractivity contribution is 7.09. The van der Waals surface area contributed by atoms with E-state index in [1.54, 1.807) is 19.1 Å². The fraction of sp³-hybridized carbons (Fsp3) is 0.182. The summed E-state index contributed by atoms with van der Waals surface area (Å²) in [6.07, 6.45) is 0. The molecule has 0 atom stereocenters. The molecule has 1 aromatic heterocycles. The van der Waals surface area contributed by atoms with Gasteiger partial charge in [0.1, 0.15) is 5.82 Å².